The SMILES string of the molecule is CCOc1c(Br)cc(Cl)cc1NC(=O)CCN1C(=O)CSc2ccccc21. The second kappa shape index (κ2) is 8.99. The molecule has 0 unspecified atom stereocenters. The highest BCUT2D eigenvalue weighted by Crippen LogP contribution is 2.37. The second-order valence-electron chi connectivity index (χ2n) is 5.80. The highest BCUT2D eigenvalue weighted by atomic mass is 79.9. The number of rotatable bonds is 6. The fraction of sp³-hybridized carbons (Fsp3) is 0.263. The number of fused-ring (bicyclic) bond motifs is 1. The largest absolute Gasteiger partial charge is 0.491 e. The molecule has 0 aliphatic carbocycles. The van der Waals surface area contributed by atoms with Gasteiger partial charge in [0.1, 0.15) is 0 Å². The fourth-order valence-corrected chi connectivity index (χ4v) is 4.63. The Morgan fingerprint density at radius 2 is 2.15 bits per heavy atom. The van der Waals surface area contributed by atoms with Crippen LogP contribution < -0.4 is 15.0 Å². The molecule has 1 aliphatic rings. The quantitative estimate of drug-likeness (QED) is 0.649. The minimum Gasteiger partial charge on any atom is -0.491 e. The number of ether oxygens (including phenoxy) is 1. The molecule has 1 aliphatic heterocycles. The highest BCUT2D eigenvalue weighted by molar-refractivity contribution is 9.10. The summed E-state index contributed by atoms with van der Waals surface area (Å²) in [5.41, 5.74) is 1.36. The Hall–Kier alpha value is -1.70. The number of benzene rings is 2. The molecule has 0 spiro atoms. The van der Waals surface area contributed by atoms with Crippen LogP contribution in [-0.4, -0.2) is 30.7 Å². The molecule has 0 radical (unpaired) electrons. The summed E-state index contributed by atoms with van der Waals surface area (Å²) in [5, 5.41) is 3.32. The van der Waals surface area contributed by atoms with E-state index >= 15 is 0 Å². The maximum atomic E-state index is 12.5. The number of carbonyl (C=O) groups excluding carboxylic acids is 2. The maximum absolute atomic E-state index is 12.5. The first-order valence-electron chi connectivity index (χ1n) is 8.43. The Morgan fingerprint density at radius 1 is 1.37 bits per heavy atom. The number of hydrogen-bond acceptors (Lipinski definition) is 4. The lowest BCUT2D eigenvalue weighted by atomic mass is 10.2. The van der Waals surface area contributed by atoms with E-state index in [1.54, 1.807) is 17.0 Å². The number of para-hydroxylation sites is 1. The molecule has 142 valence electrons. The van der Waals surface area contributed by atoms with Crippen LogP contribution in [0.5, 0.6) is 5.75 Å². The van der Waals surface area contributed by atoms with Crippen LogP contribution in [0, 0.1) is 0 Å². The Morgan fingerprint density at radius 3 is 2.93 bits per heavy atom. The van der Waals surface area contributed by atoms with Crippen molar-refractivity contribution in [2.24, 2.45) is 0 Å². The topological polar surface area (TPSA) is 58.6 Å². The number of nitrogens with zero attached hydrogens (tertiary/aromatic N) is 1. The molecule has 2 aromatic rings. The van der Waals surface area contributed by atoms with E-state index in [4.69, 9.17) is 16.3 Å². The van der Waals surface area contributed by atoms with Crippen molar-refractivity contribution >= 4 is 62.5 Å². The van der Waals surface area contributed by atoms with Crippen molar-refractivity contribution in [3.05, 3.63) is 45.9 Å². The van der Waals surface area contributed by atoms with E-state index in [0.29, 0.717) is 39.8 Å². The molecule has 0 atom stereocenters. The van der Waals surface area contributed by atoms with Gasteiger partial charge in [0.25, 0.3) is 0 Å². The molecule has 1 heterocycles. The molecule has 0 bridgehead atoms. The number of amides is 2. The van der Waals surface area contributed by atoms with Crippen molar-refractivity contribution < 1.29 is 14.3 Å². The Bertz CT molecular complexity index is 878. The van der Waals surface area contributed by atoms with Crippen molar-refractivity contribution in [3.8, 4) is 5.75 Å². The predicted molar refractivity (Wildman–Crippen MR) is 113 cm³/mol. The van der Waals surface area contributed by atoms with E-state index in [1.807, 2.05) is 31.2 Å². The predicted octanol–water partition coefficient (Wildman–Crippen LogP) is 4.97. The zero-order chi connectivity index (χ0) is 19.4. The average Bonchev–Trinajstić information content (AvgIpc) is 2.63. The van der Waals surface area contributed by atoms with Gasteiger partial charge in [-0.15, -0.1) is 11.8 Å². The summed E-state index contributed by atoms with van der Waals surface area (Å²) in [5.74, 6) is 0.709. The molecule has 0 fully saturated rings. The first kappa shape index (κ1) is 20.0. The third-order valence-electron chi connectivity index (χ3n) is 3.94. The molecule has 8 heteroatoms. The van der Waals surface area contributed by atoms with Crippen molar-refractivity contribution in [1.29, 1.82) is 0 Å². The lowest BCUT2D eigenvalue weighted by Crippen LogP contribution is -2.37. The molecule has 3 rings (SSSR count). The van der Waals surface area contributed by atoms with Crippen LogP contribution >= 0.6 is 39.3 Å². The van der Waals surface area contributed by atoms with Crippen molar-refractivity contribution in [1.82, 2.24) is 0 Å². The number of nitrogens with one attached hydrogen (secondary N) is 1. The average molecular weight is 470 g/mol. The molecule has 0 aromatic heterocycles. The third-order valence-corrected chi connectivity index (χ3v) is 5.80. The van der Waals surface area contributed by atoms with Gasteiger partial charge in [-0.3, -0.25) is 9.59 Å². The smallest absolute Gasteiger partial charge is 0.237 e. The van der Waals surface area contributed by atoms with E-state index in [-0.39, 0.29) is 18.2 Å². The second-order valence-corrected chi connectivity index (χ2v) is 8.11. The van der Waals surface area contributed by atoms with Crippen LogP contribution in [0.25, 0.3) is 0 Å². The normalized spacial score (nSPS) is 13.3. The van der Waals surface area contributed by atoms with Crippen LogP contribution in [-0.2, 0) is 9.59 Å². The monoisotopic (exact) mass is 468 g/mol. The fourth-order valence-electron chi connectivity index (χ4n) is 2.77. The van der Waals surface area contributed by atoms with Crippen LogP contribution in [0.2, 0.25) is 5.02 Å². The van der Waals surface area contributed by atoms with Gasteiger partial charge in [-0.2, -0.15) is 0 Å². The zero-order valence-corrected chi connectivity index (χ0v) is 17.8. The lowest BCUT2D eigenvalue weighted by molar-refractivity contribution is -0.117. The van der Waals surface area contributed by atoms with E-state index in [1.165, 1.54) is 11.8 Å². The van der Waals surface area contributed by atoms with Gasteiger partial charge in [0.2, 0.25) is 11.8 Å². The van der Waals surface area contributed by atoms with E-state index < -0.39 is 0 Å². The summed E-state index contributed by atoms with van der Waals surface area (Å²) in [7, 11) is 0. The van der Waals surface area contributed by atoms with Gasteiger partial charge in [0.05, 0.1) is 28.2 Å². The van der Waals surface area contributed by atoms with Gasteiger partial charge >= 0.3 is 0 Å². The summed E-state index contributed by atoms with van der Waals surface area (Å²) in [6.07, 6.45) is 0.167. The van der Waals surface area contributed by atoms with Crippen molar-refractivity contribution in [2.45, 2.75) is 18.2 Å². The zero-order valence-electron chi connectivity index (χ0n) is 14.6. The van der Waals surface area contributed by atoms with E-state index in [2.05, 4.69) is 21.2 Å². The molecule has 2 amide bonds. The van der Waals surface area contributed by atoms with Gasteiger partial charge in [-0.1, -0.05) is 23.7 Å². The summed E-state index contributed by atoms with van der Waals surface area (Å²) in [6, 6.07) is 11.1. The third kappa shape index (κ3) is 4.78. The van der Waals surface area contributed by atoms with Crippen LogP contribution in [0.1, 0.15) is 13.3 Å². The molecular formula is C19H18BrClN2O3S. The summed E-state index contributed by atoms with van der Waals surface area (Å²) < 4.78 is 6.26. The number of halogens is 2. The number of anilines is 2. The first-order valence-corrected chi connectivity index (χ1v) is 10.6. The van der Waals surface area contributed by atoms with Gasteiger partial charge in [-0.05, 0) is 47.1 Å². The molecule has 0 saturated heterocycles. The molecule has 2 aromatic carbocycles. The molecule has 5 nitrogen and oxygen atoms in total. The number of thioether (sulfide) groups is 1. The lowest BCUT2D eigenvalue weighted by Gasteiger charge is -2.28. The van der Waals surface area contributed by atoms with Gasteiger partial charge in [0.15, 0.2) is 5.75 Å². The van der Waals surface area contributed by atoms with Gasteiger partial charge in [-0.25, -0.2) is 0 Å². The molecular weight excluding hydrogens is 452 g/mol. The summed E-state index contributed by atoms with van der Waals surface area (Å²) in [4.78, 5) is 27.5. The van der Waals surface area contributed by atoms with Crippen molar-refractivity contribution in [3.63, 3.8) is 0 Å². The Labute approximate surface area is 175 Å². The van der Waals surface area contributed by atoms with E-state index in [9.17, 15) is 9.59 Å². The van der Waals surface area contributed by atoms with Crippen LogP contribution in [0.15, 0.2) is 45.8 Å². The Balaban J connectivity index is 1.70. The van der Waals surface area contributed by atoms with Crippen molar-refractivity contribution in [2.75, 3.05) is 29.1 Å². The van der Waals surface area contributed by atoms with Gasteiger partial charge in [0, 0.05) is 22.9 Å². The molecule has 27 heavy (non-hydrogen) atoms. The minimum atomic E-state index is -0.214. The number of hydrogen-bond donors (Lipinski definition) is 1. The first-order chi connectivity index (χ1) is 13.0. The standard InChI is InChI=1S/C19H18BrClN2O3S/c1-2-26-19-13(20)9-12(21)10-14(19)22-17(24)7-8-23-15-5-3-4-6-16(15)27-11-18(23)25/h3-6,9-10H,2,7-8,11H2,1H3,(H,22,24). The maximum Gasteiger partial charge on any atom is 0.237 e. The summed E-state index contributed by atoms with van der Waals surface area (Å²) >= 11 is 11.0. The number of carbonyl (C=O) groups is 2. The van der Waals surface area contributed by atoms with Gasteiger partial charge < -0.3 is 15.0 Å². The van der Waals surface area contributed by atoms with E-state index in [0.717, 1.165) is 10.6 Å². The molecule has 0 saturated carbocycles. The highest BCUT2D eigenvalue weighted by Gasteiger charge is 2.25. The minimum absolute atomic E-state index is 0.00649. The van der Waals surface area contributed by atoms with Crippen LogP contribution in [0.3, 0.4) is 0 Å². The molecule has 1 N–H and O–H groups in total. The summed E-state index contributed by atoms with van der Waals surface area (Å²) in [6.45, 7) is 2.64. The van der Waals surface area contributed by atoms with Crippen LogP contribution in [0.4, 0.5) is 11.4 Å². The Kier molecular flexibility index (Phi) is 6.68.